The first kappa shape index (κ1) is 16.6. The Labute approximate surface area is 142 Å². The molecule has 1 atom stereocenters. The Morgan fingerprint density at radius 1 is 1.33 bits per heavy atom. The van der Waals surface area contributed by atoms with E-state index in [0.717, 1.165) is 24.9 Å². The zero-order valence-electron chi connectivity index (χ0n) is 14.5. The molecule has 1 aliphatic heterocycles. The van der Waals surface area contributed by atoms with Crippen LogP contribution in [0.1, 0.15) is 63.4 Å². The SMILES string of the molecule is CC(C)(C)c1noc(CCC(=O)N2CCCC2c2ccncc2)n1. The Kier molecular flexibility index (Phi) is 4.64. The fourth-order valence-electron chi connectivity index (χ4n) is 3.02. The molecule has 6 nitrogen and oxygen atoms in total. The van der Waals surface area contributed by atoms with Gasteiger partial charge in [0.1, 0.15) is 0 Å². The van der Waals surface area contributed by atoms with Crippen molar-refractivity contribution in [2.75, 3.05) is 6.54 Å². The average molecular weight is 328 g/mol. The highest BCUT2D eigenvalue weighted by Gasteiger charge is 2.30. The van der Waals surface area contributed by atoms with Crippen LogP contribution in [0.5, 0.6) is 0 Å². The molecule has 6 heteroatoms. The van der Waals surface area contributed by atoms with Gasteiger partial charge in [0.2, 0.25) is 11.8 Å². The first-order valence-electron chi connectivity index (χ1n) is 8.47. The zero-order chi connectivity index (χ0) is 17.2. The molecule has 24 heavy (non-hydrogen) atoms. The lowest BCUT2D eigenvalue weighted by molar-refractivity contribution is -0.132. The number of likely N-dealkylation sites (tertiary alicyclic amines) is 1. The van der Waals surface area contributed by atoms with E-state index in [1.807, 2.05) is 37.8 Å². The fraction of sp³-hybridized carbons (Fsp3) is 0.556. The van der Waals surface area contributed by atoms with Gasteiger partial charge in [-0.05, 0) is 30.5 Å². The standard InChI is InChI=1S/C18H24N4O2/c1-18(2,3)17-20-15(24-21-17)6-7-16(23)22-12-4-5-14(22)13-8-10-19-11-9-13/h8-11,14H,4-7,12H2,1-3H3. The normalized spacial score (nSPS) is 18.1. The summed E-state index contributed by atoms with van der Waals surface area (Å²) in [7, 11) is 0. The number of rotatable bonds is 4. The summed E-state index contributed by atoms with van der Waals surface area (Å²) in [5.74, 6) is 1.36. The van der Waals surface area contributed by atoms with Crippen molar-refractivity contribution >= 4 is 5.91 Å². The van der Waals surface area contributed by atoms with Crippen LogP contribution in [0.15, 0.2) is 29.0 Å². The molecule has 1 saturated heterocycles. The Morgan fingerprint density at radius 3 is 2.75 bits per heavy atom. The minimum atomic E-state index is -0.146. The molecule has 0 N–H and O–H groups in total. The molecule has 2 aromatic rings. The molecule has 1 amide bonds. The molecule has 128 valence electrons. The van der Waals surface area contributed by atoms with Crippen LogP contribution in [0.4, 0.5) is 0 Å². The first-order chi connectivity index (χ1) is 11.4. The van der Waals surface area contributed by atoms with Crippen LogP contribution in [-0.4, -0.2) is 32.5 Å². The summed E-state index contributed by atoms with van der Waals surface area (Å²) in [5.41, 5.74) is 1.01. The number of aryl methyl sites for hydroxylation is 1. The predicted octanol–water partition coefficient (Wildman–Crippen LogP) is 3.06. The van der Waals surface area contributed by atoms with E-state index in [-0.39, 0.29) is 17.4 Å². The highest BCUT2D eigenvalue weighted by atomic mass is 16.5. The summed E-state index contributed by atoms with van der Waals surface area (Å²) in [6.07, 6.45) is 6.48. The van der Waals surface area contributed by atoms with Gasteiger partial charge in [-0.15, -0.1) is 0 Å². The molecule has 0 spiro atoms. The number of hydrogen-bond acceptors (Lipinski definition) is 5. The minimum absolute atomic E-state index is 0.143. The largest absolute Gasteiger partial charge is 0.339 e. The van der Waals surface area contributed by atoms with Gasteiger partial charge in [0, 0.05) is 37.2 Å². The minimum Gasteiger partial charge on any atom is -0.339 e. The van der Waals surface area contributed by atoms with Crippen LogP contribution in [0.3, 0.4) is 0 Å². The van der Waals surface area contributed by atoms with E-state index < -0.39 is 0 Å². The van der Waals surface area contributed by atoms with Gasteiger partial charge in [-0.3, -0.25) is 9.78 Å². The van der Waals surface area contributed by atoms with Crippen LogP contribution in [0.25, 0.3) is 0 Å². The quantitative estimate of drug-likeness (QED) is 0.862. The van der Waals surface area contributed by atoms with Crippen LogP contribution in [-0.2, 0) is 16.6 Å². The van der Waals surface area contributed by atoms with E-state index in [1.165, 1.54) is 0 Å². The third-order valence-electron chi connectivity index (χ3n) is 4.36. The number of aromatic nitrogens is 3. The van der Waals surface area contributed by atoms with Gasteiger partial charge in [0.05, 0.1) is 6.04 Å². The summed E-state index contributed by atoms with van der Waals surface area (Å²) in [6, 6.07) is 4.14. The van der Waals surface area contributed by atoms with E-state index in [0.29, 0.717) is 24.6 Å². The molecule has 1 fully saturated rings. The van der Waals surface area contributed by atoms with Crippen LogP contribution in [0, 0.1) is 0 Å². The maximum absolute atomic E-state index is 12.6. The third-order valence-corrected chi connectivity index (χ3v) is 4.36. The van der Waals surface area contributed by atoms with Gasteiger partial charge in [0.25, 0.3) is 0 Å². The summed E-state index contributed by atoms with van der Waals surface area (Å²) in [6.45, 7) is 6.92. The maximum Gasteiger partial charge on any atom is 0.227 e. The zero-order valence-corrected chi connectivity index (χ0v) is 14.5. The second kappa shape index (κ2) is 6.71. The van der Waals surface area contributed by atoms with E-state index in [9.17, 15) is 4.79 Å². The summed E-state index contributed by atoms with van der Waals surface area (Å²) in [5, 5.41) is 4.01. The molecule has 0 bridgehead atoms. The van der Waals surface area contributed by atoms with E-state index in [1.54, 1.807) is 12.4 Å². The van der Waals surface area contributed by atoms with Gasteiger partial charge in [0.15, 0.2) is 5.82 Å². The number of pyridine rings is 1. The van der Waals surface area contributed by atoms with Crippen molar-refractivity contribution in [3.05, 3.63) is 41.8 Å². The fourth-order valence-corrected chi connectivity index (χ4v) is 3.02. The molecule has 1 aliphatic rings. The summed E-state index contributed by atoms with van der Waals surface area (Å²) >= 11 is 0. The molecule has 1 unspecified atom stereocenters. The van der Waals surface area contributed by atoms with Crippen molar-refractivity contribution in [3.8, 4) is 0 Å². The molecular formula is C18H24N4O2. The summed E-state index contributed by atoms with van der Waals surface area (Å²) < 4.78 is 5.28. The van der Waals surface area contributed by atoms with Crippen molar-refractivity contribution in [1.82, 2.24) is 20.0 Å². The molecular weight excluding hydrogens is 304 g/mol. The topological polar surface area (TPSA) is 72.1 Å². The van der Waals surface area contributed by atoms with Crippen molar-refractivity contribution in [1.29, 1.82) is 0 Å². The number of amides is 1. The Balaban J connectivity index is 1.61. The van der Waals surface area contributed by atoms with Crippen LogP contribution < -0.4 is 0 Å². The van der Waals surface area contributed by atoms with Gasteiger partial charge in [-0.2, -0.15) is 4.98 Å². The van der Waals surface area contributed by atoms with Gasteiger partial charge in [-0.1, -0.05) is 25.9 Å². The highest BCUT2D eigenvalue weighted by molar-refractivity contribution is 5.77. The number of nitrogens with zero attached hydrogens (tertiary/aromatic N) is 4. The molecule has 0 aliphatic carbocycles. The van der Waals surface area contributed by atoms with Crippen LogP contribution in [0.2, 0.25) is 0 Å². The van der Waals surface area contributed by atoms with E-state index in [2.05, 4.69) is 15.1 Å². The first-order valence-corrected chi connectivity index (χ1v) is 8.47. The lowest BCUT2D eigenvalue weighted by atomic mass is 9.96. The van der Waals surface area contributed by atoms with Crippen molar-refractivity contribution in [2.45, 2.75) is 57.9 Å². The number of hydrogen-bond donors (Lipinski definition) is 0. The van der Waals surface area contributed by atoms with E-state index in [4.69, 9.17) is 4.52 Å². The average Bonchev–Trinajstić information content (AvgIpc) is 3.22. The van der Waals surface area contributed by atoms with Gasteiger partial charge < -0.3 is 9.42 Å². The van der Waals surface area contributed by atoms with Crippen molar-refractivity contribution in [2.24, 2.45) is 0 Å². The van der Waals surface area contributed by atoms with Crippen LogP contribution >= 0.6 is 0 Å². The smallest absolute Gasteiger partial charge is 0.227 e. The molecule has 0 aromatic carbocycles. The highest BCUT2D eigenvalue weighted by Crippen LogP contribution is 2.32. The van der Waals surface area contributed by atoms with Gasteiger partial charge >= 0.3 is 0 Å². The molecule has 0 saturated carbocycles. The second-order valence-corrected chi connectivity index (χ2v) is 7.29. The number of carbonyl (C=O) groups excluding carboxylic acids is 1. The monoisotopic (exact) mass is 328 g/mol. The maximum atomic E-state index is 12.6. The molecule has 3 rings (SSSR count). The number of carbonyl (C=O) groups is 1. The Hall–Kier alpha value is -2.24. The lowest BCUT2D eigenvalue weighted by Crippen LogP contribution is -2.30. The summed E-state index contributed by atoms with van der Waals surface area (Å²) in [4.78, 5) is 23.0. The van der Waals surface area contributed by atoms with E-state index >= 15 is 0 Å². The Morgan fingerprint density at radius 2 is 2.08 bits per heavy atom. The van der Waals surface area contributed by atoms with Crippen molar-refractivity contribution < 1.29 is 9.32 Å². The molecule has 2 aromatic heterocycles. The molecule has 3 heterocycles. The van der Waals surface area contributed by atoms with Crippen molar-refractivity contribution in [3.63, 3.8) is 0 Å². The molecule has 0 radical (unpaired) electrons. The van der Waals surface area contributed by atoms with Gasteiger partial charge in [-0.25, -0.2) is 0 Å². The third kappa shape index (κ3) is 3.63. The second-order valence-electron chi connectivity index (χ2n) is 7.29. The predicted molar refractivity (Wildman–Crippen MR) is 89.2 cm³/mol. The Bertz CT molecular complexity index is 691. The lowest BCUT2D eigenvalue weighted by Gasteiger charge is -2.24.